The molecule has 1 atom stereocenters. The van der Waals surface area contributed by atoms with Crippen LogP contribution in [0, 0.1) is 23.5 Å². The topological polar surface area (TPSA) is 80.3 Å². The number of aromatic nitrogens is 2. The van der Waals surface area contributed by atoms with Crippen molar-refractivity contribution < 1.29 is 23.1 Å². The summed E-state index contributed by atoms with van der Waals surface area (Å²) in [6.07, 6.45) is 3.78. The van der Waals surface area contributed by atoms with E-state index in [1.165, 1.54) is 22.9 Å². The lowest BCUT2D eigenvalue weighted by molar-refractivity contribution is 0.0904. The standard InChI is InChI=1S/C23H21F2N3O3/c1-23(2,30)9-8-17-6-7-21(31-17)22(29)27-19-4-3-5-20-18(19)13-26-28(20)16-11-14(24)10-15(25)12-16/h6-7,10-13,19,30H,3-5H2,1-2H3,(H,27,29). The van der Waals surface area contributed by atoms with Gasteiger partial charge in [-0.05, 0) is 63.3 Å². The average molecular weight is 425 g/mol. The molecule has 0 fully saturated rings. The second-order valence-electron chi connectivity index (χ2n) is 7.98. The van der Waals surface area contributed by atoms with Gasteiger partial charge < -0.3 is 14.8 Å². The number of nitrogens with one attached hydrogen (secondary N) is 1. The van der Waals surface area contributed by atoms with Gasteiger partial charge in [0.2, 0.25) is 0 Å². The van der Waals surface area contributed by atoms with Gasteiger partial charge in [0.05, 0.1) is 17.9 Å². The van der Waals surface area contributed by atoms with Crippen LogP contribution in [0.4, 0.5) is 8.78 Å². The van der Waals surface area contributed by atoms with Crippen molar-refractivity contribution in [3.8, 4) is 17.5 Å². The van der Waals surface area contributed by atoms with Crippen LogP contribution in [0.3, 0.4) is 0 Å². The molecule has 1 aliphatic carbocycles. The number of hydrogen-bond acceptors (Lipinski definition) is 4. The number of nitrogens with zero attached hydrogens (tertiary/aromatic N) is 2. The molecule has 1 aliphatic rings. The molecule has 0 radical (unpaired) electrons. The van der Waals surface area contributed by atoms with Crippen LogP contribution in [0.15, 0.2) is 40.9 Å². The zero-order valence-corrected chi connectivity index (χ0v) is 17.1. The highest BCUT2D eigenvalue weighted by Crippen LogP contribution is 2.31. The molecular formula is C23H21F2N3O3. The molecule has 2 heterocycles. The predicted octanol–water partition coefficient (Wildman–Crippen LogP) is 3.67. The zero-order chi connectivity index (χ0) is 22.2. The highest BCUT2D eigenvalue weighted by atomic mass is 19.1. The molecule has 31 heavy (non-hydrogen) atoms. The fourth-order valence-corrected chi connectivity index (χ4v) is 3.56. The van der Waals surface area contributed by atoms with Crippen LogP contribution in [0.5, 0.6) is 0 Å². The monoisotopic (exact) mass is 425 g/mol. The maximum Gasteiger partial charge on any atom is 0.287 e. The van der Waals surface area contributed by atoms with Gasteiger partial charge in [0.1, 0.15) is 17.2 Å². The lowest BCUT2D eigenvalue weighted by Crippen LogP contribution is -2.30. The highest BCUT2D eigenvalue weighted by Gasteiger charge is 2.27. The van der Waals surface area contributed by atoms with Gasteiger partial charge in [-0.25, -0.2) is 13.5 Å². The smallest absolute Gasteiger partial charge is 0.287 e. The Balaban J connectivity index is 1.54. The molecule has 1 aromatic carbocycles. The van der Waals surface area contributed by atoms with Crippen molar-refractivity contribution in [1.29, 1.82) is 0 Å². The number of carbonyl (C=O) groups is 1. The van der Waals surface area contributed by atoms with E-state index in [1.54, 1.807) is 26.1 Å². The second kappa shape index (κ2) is 8.00. The van der Waals surface area contributed by atoms with E-state index in [-0.39, 0.29) is 17.6 Å². The van der Waals surface area contributed by atoms with Gasteiger partial charge in [-0.2, -0.15) is 5.10 Å². The molecule has 2 N–H and O–H groups in total. The summed E-state index contributed by atoms with van der Waals surface area (Å²) in [6, 6.07) is 6.03. The SMILES string of the molecule is CC(C)(O)C#Cc1ccc(C(=O)NC2CCCc3c2cnn3-c2cc(F)cc(F)c2)o1. The molecule has 6 nitrogen and oxygen atoms in total. The van der Waals surface area contributed by atoms with Crippen LogP contribution < -0.4 is 5.32 Å². The molecule has 0 saturated carbocycles. The highest BCUT2D eigenvalue weighted by molar-refractivity contribution is 5.91. The Bertz CT molecular complexity index is 1170. The lowest BCUT2D eigenvalue weighted by atomic mass is 9.92. The Morgan fingerprint density at radius 3 is 2.74 bits per heavy atom. The maximum absolute atomic E-state index is 13.6. The van der Waals surface area contributed by atoms with Gasteiger partial charge in [0, 0.05) is 17.3 Å². The Morgan fingerprint density at radius 2 is 2.03 bits per heavy atom. The predicted molar refractivity (Wildman–Crippen MR) is 109 cm³/mol. The molecule has 1 amide bonds. The summed E-state index contributed by atoms with van der Waals surface area (Å²) in [5.74, 6) is 3.93. The Labute approximate surface area is 177 Å². The molecule has 3 aromatic rings. The van der Waals surface area contributed by atoms with Crippen molar-refractivity contribution in [3.05, 3.63) is 70.9 Å². The van der Waals surface area contributed by atoms with Crippen LogP contribution in [0.1, 0.15) is 60.3 Å². The third kappa shape index (κ3) is 4.67. The van der Waals surface area contributed by atoms with E-state index < -0.39 is 23.1 Å². The van der Waals surface area contributed by atoms with Crippen LogP contribution in [0.25, 0.3) is 5.69 Å². The van der Waals surface area contributed by atoms with Crippen molar-refractivity contribution in [2.45, 2.75) is 44.8 Å². The number of fused-ring (bicyclic) bond motifs is 1. The molecule has 2 aromatic heterocycles. The van der Waals surface area contributed by atoms with Gasteiger partial charge in [-0.15, -0.1) is 0 Å². The van der Waals surface area contributed by atoms with Crippen molar-refractivity contribution in [1.82, 2.24) is 15.1 Å². The van der Waals surface area contributed by atoms with E-state index in [0.717, 1.165) is 23.7 Å². The van der Waals surface area contributed by atoms with Crippen molar-refractivity contribution in [3.63, 3.8) is 0 Å². The number of carbonyl (C=O) groups excluding carboxylic acids is 1. The fraction of sp³-hybridized carbons (Fsp3) is 0.304. The Hall–Kier alpha value is -3.44. The summed E-state index contributed by atoms with van der Waals surface area (Å²) in [5, 5.41) is 16.9. The van der Waals surface area contributed by atoms with E-state index in [4.69, 9.17) is 4.42 Å². The third-order valence-corrected chi connectivity index (χ3v) is 4.90. The Morgan fingerprint density at radius 1 is 1.29 bits per heavy atom. The number of furan rings is 1. The van der Waals surface area contributed by atoms with Crippen LogP contribution in [-0.2, 0) is 6.42 Å². The van der Waals surface area contributed by atoms with Crippen LogP contribution >= 0.6 is 0 Å². The number of benzene rings is 1. The molecule has 4 rings (SSSR count). The molecule has 1 unspecified atom stereocenters. The fourth-order valence-electron chi connectivity index (χ4n) is 3.56. The quantitative estimate of drug-likeness (QED) is 0.628. The number of hydrogen-bond donors (Lipinski definition) is 2. The van der Waals surface area contributed by atoms with Crippen molar-refractivity contribution >= 4 is 5.91 Å². The van der Waals surface area contributed by atoms with Gasteiger partial charge in [0.25, 0.3) is 5.91 Å². The number of halogens is 2. The van der Waals surface area contributed by atoms with Gasteiger partial charge in [-0.3, -0.25) is 4.79 Å². The van der Waals surface area contributed by atoms with Crippen LogP contribution in [-0.4, -0.2) is 26.4 Å². The van der Waals surface area contributed by atoms with E-state index in [1.807, 2.05) is 0 Å². The third-order valence-electron chi connectivity index (χ3n) is 4.90. The zero-order valence-electron chi connectivity index (χ0n) is 17.1. The first-order valence-electron chi connectivity index (χ1n) is 9.89. The summed E-state index contributed by atoms with van der Waals surface area (Å²) < 4.78 is 34.3. The molecule has 0 aliphatic heterocycles. The first kappa shape index (κ1) is 20.8. The van der Waals surface area contributed by atoms with E-state index in [2.05, 4.69) is 22.3 Å². The van der Waals surface area contributed by atoms with Gasteiger partial charge in [0.15, 0.2) is 11.5 Å². The molecule has 160 valence electrons. The average Bonchev–Trinajstić information content (AvgIpc) is 3.33. The number of rotatable bonds is 3. The number of amides is 1. The molecule has 0 saturated heterocycles. The molecule has 8 heteroatoms. The summed E-state index contributed by atoms with van der Waals surface area (Å²) in [6.45, 7) is 3.10. The minimum absolute atomic E-state index is 0.103. The van der Waals surface area contributed by atoms with Gasteiger partial charge in [-0.1, -0.05) is 5.92 Å². The first-order valence-corrected chi connectivity index (χ1v) is 9.89. The summed E-state index contributed by atoms with van der Waals surface area (Å²) in [4.78, 5) is 12.7. The van der Waals surface area contributed by atoms with Crippen molar-refractivity contribution in [2.75, 3.05) is 0 Å². The van der Waals surface area contributed by atoms with Crippen LogP contribution in [0.2, 0.25) is 0 Å². The normalized spacial score (nSPS) is 15.7. The largest absolute Gasteiger partial charge is 0.443 e. The molecular weight excluding hydrogens is 404 g/mol. The number of aliphatic hydroxyl groups is 1. The summed E-state index contributed by atoms with van der Waals surface area (Å²) in [7, 11) is 0. The molecule has 0 spiro atoms. The minimum atomic E-state index is -1.17. The second-order valence-corrected chi connectivity index (χ2v) is 7.98. The maximum atomic E-state index is 13.6. The lowest BCUT2D eigenvalue weighted by Gasteiger charge is -2.24. The van der Waals surface area contributed by atoms with E-state index >= 15 is 0 Å². The first-order chi connectivity index (χ1) is 14.7. The van der Waals surface area contributed by atoms with E-state index in [9.17, 15) is 18.7 Å². The Kier molecular flexibility index (Phi) is 5.38. The van der Waals surface area contributed by atoms with E-state index in [0.29, 0.717) is 18.5 Å². The summed E-state index contributed by atoms with van der Waals surface area (Å²) in [5.41, 5.74) is 0.737. The summed E-state index contributed by atoms with van der Waals surface area (Å²) >= 11 is 0. The van der Waals surface area contributed by atoms with Gasteiger partial charge >= 0.3 is 0 Å². The minimum Gasteiger partial charge on any atom is -0.443 e. The van der Waals surface area contributed by atoms with Crippen molar-refractivity contribution in [2.24, 2.45) is 0 Å². The molecule has 0 bridgehead atoms.